The lowest BCUT2D eigenvalue weighted by molar-refractivity contribution is 0.627. The van der Waals surface area contributed by atoms with Crippen LogP contribution in [-0.4, -0.2) is 0 Å². The van der Waals surface area contributed by atoms with Gasteiger partial charge in [-0.2, -0.15) is 0 Å². The third kappa shape index (κ3) is 3.14. The van der Waals surface area contributed by atoms with Gasteiger partial charge in [0.15, 0.2) is 0 Å². The molecule has 0 radical (unpaired) electrons. The first-order chi connectivity index (χ1) is 4.83. The van der Waals surface area contributed by atoms with Crippen LogP contribution >= 0.6 is 0 Å². The zero-order valence-electron chi connectivity index (χ0n) is 6.81. The van der Waals surface area contributed by atoms with Crippen LogP contribution in [0.2, 0.25) is 0 Å². The molecule has 0 amide bonds. The summed E-state index contributed by atoms with van der Waals surface area (Å²) in [6.07, 6.45) is 2.16. The van der Waals surface area contributed by atoms with Gasteiger partial charge in [0.1, 0.15) is 5.82 Å². The van der Waals surface area contributed by atoms with Gasteiger partial charge < -0.3 is 6.15 Å². The van der Waals surface area contributed by atoms with Crippen molar-refractivity contribution in [3.05, 3.63) is 35.6 Å². The first kappa shape index (κ1) is 10.1. The quantitative estimate of drug-likeness (QED) is 0.700. The second-order valence-electron chi connectivity index (χ2n) is 2.38. The minimum atomic E-state index is -0.153. The zero-order valence-corrected chi connectivity index (χ0v) is 6.81. The van der Waals surface area contributed by atoms with Crippen LogP contribution in [0.1, 0.15) is 18.9 Å². The highest BCUT2D eigenvalue weighted by molar-refractivity contribution is 5.15. The molecular formula is C9H14FN. The third-order valence-corrected chi connectivity index (χ3v) is 1.45. The minimum absolute atomic E-state index is 0. The van der Waals surface area contributed by atoms with Gasteiger partial charge in [-0.3, -0.25) is 0 Å². The van der Waals surface area contributed by atoms with Crippen molar-refractivity contribution in [2.75, 3.05) is 0 Å². The summed E-state index contributed by atoms with van der Waals surface area (Å²) in [5.74, 6) is -0.153. The van der Waals surface area contributed by atoms with E-state index in [1.165, 1.54) is 17.7 Å². The van der Waals surface area contributed by atoms with Crippen molar-refractivity contribution in [3.63, 3.8) is 0 Å². The topological polar surface area (TPSA) is 35.0 Å². The van der Waals surface area contributed by atoms with Crippen LogP contribution < -0.4 is 6.15 Å². The smallest absolute Gasteiger partial charge is 0.123 e. The lowest BCUT2D eigenvalue weighted by Gasteiger charge is -1.95. The Morgan fingerprint density at radius 2 is 1.73 bits per heavy atom. The van der Waals surface area contributed by atoms with E-state index in [9.17, 15) is 4.39 Å². The van der Waals surface area contributed by atoms with E-state index < -0.39 is 0 Å². The van der Waals surface area contributed by atoms with E-state index in [2.05, 4.69) is 6.92 Å². The number of halogens is 1. The number of hydrogen-bond acceptors (Lipinski definition) is 1. The van der Waals surface area contributed by atoms with Gasteiger partial charge in [0.2, 0.25) is 0 Å². The summed E-state index contributed by atoms with van der Waals surface area (Å²) in [7, 11) is 0. The van der Waals surface area contributed by atoms with Crippen LogP contribution in [-0.2, 0) is 6.42 Å². The molecular weight excluding hydrogens is 141 g/mol. The molecule has 0 saturated carbocycles. The van der Waals surface area contributed by atoms with E-state index in [4.69, 9.17) is 0 Å². The molecule has 2 heteroatoms. The number of benzene rings is 1. The molecule has 11 heavy (non-hydrogen) atoms. The van der Waals surface area contributed by atoms with Crippen molar-refractivity contribution in [2.24, 2.45) is 0 Å². The van der Waals surface area contributed by atoms with Gasteiger partial charge in [-0.05, 0) is 24.1 Å². The molecule has 0 bridgehead atoms. The van der Waals surface area contributed by atoms with E-state index in [0.29, 0.717) is 0 Å². The molecule has 1 aromatic carbocycles. The van der Waals surface area contributed by atoms with Crippen molar-refractivity contribution >= 4 is 0 Å². The van der Waals surface area contributed by atoms with E-state index in [1.807, 2.05) is 12.1 Å². The lowest BCUT2D eigenvalue weighted by Crippen LogP contribution is -1.81. The molecule has 1 rings (SSSR count). The fourth-order valence-electron chi connectivity index (χ4n) is 0.940. The molecule has 62 valence electrons. The van der Waals surface area contributed by atoms with Crippen molar-refractivity contribution in [1.29, 1.82) is 0 Å². The second kappa shape index (κ2) is 4.85. The van der Waals surface area contributed by atoms with Crippen LogP contribution in [0.25, 0.3) is 0 Å². The van der Waals surface area contributed by atoms with E-state index in [-0.39, 0.29) is 12.0 Å². The monoisotopic (exact) mass is 155 g/mol. The van der Waals surface area contributed by atoms with Crippen molar-refractivity contribution in [2.45, 2.75) is 19.8 Å². The van der Waals surface area contributed by atoms with Crippen LogP contribution in [0, 0.1) is 5.82 Å². The van der Waals surface area contributed by atoms with Gasteiger partial charge >= 0.3 is 0 Å². The summed E-state index contributed by atoms with van der Waals surface area (Å²) in [6, 6.07) is 6.67. The molecule has 0 fully saturated rings. The Balaban J connectivity index is 0.000001000. The maximum Gasteiger partial charge on any atom is 0.123 e. The molecule has 0 aliphatic rings. The minimum Gasteiger partial charge on any atom is -0.344 e. The molecule has 3 N–H and O–H groups in total. The third-order valence-electron chi connectivity index (χ3n) is 1.45. The van der Waals surface area contributed by atoms with Crippen LogP contribution in [0.5, 0.6) is 0 Å². The Kier molecular flexibility index (Phi) is 4.46. The van der Waals surface area contributed by atoms with Gasteiger partial charge in [0.25, 0.3) is 0 Å². The molecule has 0 saturated heterocycles. The molecule has 0 atom stereocenters. The molecule has 0 unspecified atom stereocenters. The maximum atomic E-state index is 12.3. The molecule has 1 nitrogen and oxygen atoms in total. The highest BCUT2D eigenvalue weighted by Gasteiger charge is 1.90. The Morgan fingerprint density at radius 3 is 2.18 bits per heavy atom. The summed E-state index contributed by atoms with van der Waals surface area (Å²) in [6.45, 7) is 2.11. The molecule has 0 aliphatic heterocycles. The average molecular weight is 155 g/mol. The van der Waals surface area contributed by atoms with Gasteiger partial charge in [-0.25, -0.2) is 4.39 Å². The number of hydrogen-bond donors (Lipinski definition) is 1. The molecule has 0 aromatic heterocycles. The maximum absolute atomic E-state index is 12.3. The summed E-state index contributed by atoms with van der Waals surface area (Å²) < 4.78 is 12.3. The summed E-state index contributed by atoms with van der Waals surface area (Å²) in [5.41, 5.74) is 1.21. The van der Waals surface area contributed by atoms with Gasteiger partial charge in [-0.15, -0.1) is 0 Å². The van der Waals surface area contributed by atoms with Gasteiger partial charge in [0.05, 0.1) is 0 Å². The fourth-order valence-corrected chi connectivity index (χ4v) is 0.940. The summed E-state index contributed by atoms with van der Waals surface area (Å²) in [5, 5.41) is 0. The predicted molar refractivity (Wildman–Crippen MR) is 45.4 cm³/mol. The zero-order chi connectivity index (χ0) is 7.40. The first-order valence-electron chi connectivity index (χ1n) is 3.57. The average Bonchev–Trinajstić information content (AvgIpc) is 1.95. The molecule has 1 aromatic rings. The Bertz CT molecular complexity index is 193. The van der Waals surface area contributed by atoms with Crippen molar-refractivity contribution < 1.29 is 4.39 Å². The Morgan fingerprint density at radius 1 is 1.18 bits per heavy atom. The second-order valence-corrected chi connectivity index (χ2v) is 2.38. The molecule has 0 aliphatic carbocycles. The predicted octanol–water partition coefficient (Wildman–Crippen LogP) is 2.94. The Labute approximate surface area is 66.8 Å². The van der Waals surface area contributed by atoms with E-state index in [1.54, 1.807) is 0 Å². The van der Waals surface area contributed by atoms with Gasteiger partial charge in [0, 0.05) is 0 Å². The lowest BCUT2D eigenvalue weighted by atomic mass is 10.1. The molecule has 0 heterocycles. The largest absolute Gasteiger partial charge is 0.344 e. The SMILES string of the molecule is CCCc1ccc(F)cc1.N. The number of rotatable bonds is 2. The Hall–Kier alpha value is -0.890. The van der Waals surface area contributed by atoms with Crippen molar-refractivity contribution in [3.8, 4) is 0 Å². The normalized spacial score (nSPS) is 8.91. The van der Waals surface area contributed by atoms with Crippen LogP contribution in [0.4, 0.5) is 4.39 Å². The summed E-state index contributed by atoms with van der Waals surface area (Å²) in [4.78, 5) is 0. The summed E-state index contributed by atoms with van der Waals surface area (Å²) >= 11 is 0. The van der Waals surface area contributed by atoms with Gasteiger partial charge in [-0.1, -0.05) is 25.5 Å². The van der Waals surface area contributed by atoms with E-state index in [0.717, 1.165) is 12.8 Å². The molecule has 0 spiro atoms. The standard InChI is InChI=1S/C9H11F.H3N/c1-2-3-8-4-6-9(10)7-5-8;/h4-7H,2-3H2,1H3;1H3. The van der Waals surface area contributed by atoms with Crippen LogP contribution in [0.15, 0.2) is 24.3 Å². The highest BCUT2D eigenvalue weighted by atomic mass is 19.1. The van der Waals surface area contributed by atoms with Crippen molar-refractivity contribution in [1.82, 2.24) is 6.15 Å². The highest BCUT2D eigenvalue weighted by Crippen LogP contribution is 2.04. The number of aryl methyl sites for hydroxylation is 1. The first-order valence-corrected chi connectivity index (χ1v) is 3.57. The fraction of sp³-hybridized carbons (Fsp3) is 0.333. The van der Waals surface area contributed by atoms with E-state index >= 15 is 0 Å². The van der Waals surface area contributed by atoms with Crippen LogP contribution in [0.3, 0.4) is 0 Å².